The van der Waals surface area contributed by atoms with Crippen molar-refractivity contribution >= 4 is 35.0 Å². The lowest BCUT2D eigenvalue weighted by Crippen LogP contribution is -2.31. The number of aliphatic hydroxyl groups excluding tert-OH is 1. The number of amides is 2. The Morgan fingerprint density at radius 2 is 1.64 bits per heavy atom. The van der Waals surface area contributed by atoms with Crippen molar-refractivity contribution in [2.75, 3.05) is 16.8 Å². The molecule has 0 aliphatic carbocycles. The maximum atomic E-state index is 12.7. The molecule has 0 saturated carbocycles. The summed E-state index contributed by atoms with van der Waals surface area (Å²) < 4.78 is 13.0. The molecule has 3 atom stereocenters. The molecule has 4 aromatic carbocycles. The van der Waals surface area contributed by atoms with Crippen molar-refractivity contribution in [3.8, 4) is 11.1 Å². The Morgan fingerprint density at radius 3 is 2.40 bits per heavy atom. The lowest BCUT2D eigenvalue weighted by atomic mass is 9.97. The number of aromatic nitrogens is 3. The summed E-state index contributed by atoms with van der Waals surface area (Å²) in [5.41, 5.74) is 12.7. The molecule has 0 radical (unpaired) electrons. The Labute approximate surface area is 295 Å². The molecule has 0 unspecified atom stereocenters. The Balaban J connectivity index is 1.06. The standard InChI is InChI=1S/C38H40N6O5S/c39-32-8-3-4-9-33(32)43-36(47)11-5-10-35(46)40-21-29-6-1-2-7-31(29)26-16-18-28(19-17-26)37-48-30(23-50-38-41-24-42-44-38)20-34(49-37)27-14-12-25(22-45)13-15-27/h1-4,6-9,12-19,24,30,34,37,45H,5,10-11,20-23,39H2,(H,40,46)(H,43,47)(H,41,42,44)/t30-,34+,37+/m0/s1. The van der Waals surface area contributed by atoms with Gasteiger partial charge in [-0.15, -0.1) is 0 Å². The molecule has 6 N–H and O–H groups in total. The number of carbonyl (C=O) groups excluding carboxylic acids is 2. The van der Waals surface area contributed by atoms with Crippen LogP contribution < -0.4 is 16.4 Å². The van der Waals surface area contributed by atoms with Gasteiger partial charge in [-0.2, -0.15) is 5.10 Å². The van der Waals surface area contributed by atoms with Crippen LogP contribution in [0.4, 0.5) is 11.4 Å². The van der Waals surface area contributed by atoms with E-state index in [4.69, 9.17) is 15.2 Å². The average Bonchev–Trinajstić information content (AvgIpc) is 3.68. The molecule has 5 aromatic rings. The molecule has 1 aliphatic heterocycles. The number of carbonyl (C=O) groups is 2. The number of ether oxygens (including phenoxy) is 2. The van der Waals surface area contributed by atoms with Gasteiger partial charge in [-0.3, -0.25) is 14.7 Å². The SMILES string of the molecule is Nc1ccccc1NC(=O)CCCC(=O)NCc1ccccc1-c1ccc([C@@H]2O[C@H](CSc3ncn[nH]3)C[C@H](c3ccc(CO)cc3)O2)cc1. The molecule has 0 spiro atoms. The van der Waals surface area contributed by atoms with Gasteiger partial charge in [0.05, 0.1) is 30.2 Å². The Bertz CT molecular complexity index is 1850. The van der Waals surface area contributed by atoms with Crippen molar-refractivity contribution in [1.82, 2.24) is 20.5 Å². The van der Waals surface area contributed by atoms with Crippen LogP contribution in [0.25, 0.3) is 11.1 Å². The first-order chi connectivity index (χ1) is 24.4. The molecule has 11 nitrogen and oxygen atoms in total. The second kappa shape index (κ2) is 17.1. The van der Waals surface area contributed by atoms with E-state index in [-0.39, 0.29) is 43.5 Å². The third-order valence-electron chi connectivity index (χ3n) is 8.44. The molecular weight excluding hydrogens is 653 g/mol. The van der Waals surface area contributed by atoms with Gasteiger partial charge in [0.1, 0.15) is 6.33 Å². The lowest BCUT2D eigenvalue weighted by molar-refractivity contribution is -0.245. The van der Waals surface area contributed by atoms with Gasteiger partial charge < -0.3 is 30.9 Å². The quantitative estimate of drug-likeness (QED) is 0.0663. The van der Waals surface area contributed by atoms with Gasteiger partial charge >= 0.3 is 0 Å². The first-order valence-corrected chi connectivity index (χ1v) is 17.5. The molecule has 2 heterocycles. The summed E-state index contributed by atoms with van der Waals surface area (Å²) in [6, 6.07) is 31.0. The third-order valence-corrected chi connectivity index (χ3v) is 9.45. The number of thioether (sulfide) groups is 1. The molecule has 2 amide bonds. The number of nitrogen functional groups attached to an aromatic ring is 1. The Kier molecular flexibility index (Phi) is 11.9. The second-order valence-electron chi connectivity index (χ2n) is 12.0. The van der Waals surface area contributed by atoms with Crippen LogP contribution in [0.2, 0.25) is 0 Å². The van der Waals surface area contributed by atoms with Crippen molar-refractivity contribution in [2.24, 2.45) is 0 Å². The highest BCUT2D eigenvalue weighted by atomic mass is 32.2. The zero-order valence-corrected chi connectivity index (χ0v) is 28.3. The van der Waals surface area contributed by atoms with Gasteiger partial charge in [0, 0.05) is 37.1 Å². The summed E-state index contributed by atoms with van der Waals surface area (Å²) in [7, 11) is 0. The number of para-hydroxylation sites is 2. The monoisotopic (exact) mass is 692 g/mol. The molecular formula is C38H40N6O5S. The molecule has 0 bridgehead atoms. The normalized spacial score (nSPS) is 17.3. The number of nitrogens with zero attached hydrogens (tertiary/aromatic N) is 2. The van der Waals surface area contributed by atoms with E-state index < -0.39 is 6.29 Å². The van der Waals surface area contributed by atoms with E-state index in [2.05, 4.69) is 25.8 Å². The van der Waals surface area contributed by atoms with E-state index in [0.717, 1.165) is 38.5 Å². The molecule has 1 fully saturated rings. The molecule has 1 aromatic heterocycles. The number of rotatable bonds is 14. The third kappa shape index (κ3) is 9.36. The summed E-state index contributed by atoms with van der Waals surface area (Å²) in [6.07, 6.45) is 2.16. The van der Waals surface area contributed by atoms with Crippen LogP contribution in [0, 0.1) is 0 Å². The number of nitrogens with one attached hydrogen (secondary N) is 3. The smallest absolute Gasteiger partial charge is 0.224 e. The maximum Gasteiger partial charge on any atom is 0.224 e. The summed E-state index contributed by atoms with van der Waals surface area (Å²) in [4.78, 5) is 29.2. The second-order valence-corrected chi connectivity index (χ2v) is 13.0. The molecule has 12 heteroatoms. The van der Waals surface area contributed by atoms with Crippen molar-refractivity contribution in [2.45, 2.75) is 62.5 Å². The van der Waals surface area contributed by atoms with E-state index in [0.29, 0.717) is 36.5 Å². The number of H-pyrrole nitrogens is 1. The Hall–Kier alpha value is -5.01. The van der Waals surface area contributed by atoms with Gasteiger partial charge in [0.2, 0.25) is 11.8 Å². The van der Waals surface area contributed by atoms with Crippen molar-refractivity contribution in [1.29, 1.82) is 0 Å². The van der Waals surface area contributed by atoms with Gasteiger partial charge in [-0.25, -0.2) is 4.98 Å². The van der Waals surface area contributed by atoms with Crippen LogP contribution in [0.3, 0.4) is 0 Å². The summed E-state index contributed by atoms with van der Waals surface area (Å²) in [6.45, 7) is 0.349. The van der Waals surface area contributed by atoms with Gasteiger partial charge in [0.15, 0.2) is 11.4 Å². The minimum atomic E-state index is -0.581. The maximum absolute atomic E-state index is 12.7. The summed E-state index contributed by atoms with van der Waals surface area (Å²) in [5, 5.41) is 22.9. The fourth-order valence-electron chi connectivity index (χ4n) is 5.75. The van der Waals surface area contributed by atoms with Gasteiger partial charge in [0.25, 0.3) is 0 Å². The van der Waals surface area contributed by atoms with Gasteiger partial charge in [-0.05, 0) is 46.4 Å². The van der Waals surface area contributed by atoms with Crippen molar-refractivity contribution < 1.29 is 24.2 Å². The summed E-state index contributed by atoms with van der Waals surface area (Å²) in [5.74, 6) is 0.375. The highest BCUT2D eigenvalue weighted by molar-refractivity contribution is 7.99. The van der Waals surface area contributed by atoms with E-state index >= 15 is 0 Å². The largest absolute Gasteiger partial charge is 0.397 e. The van der Waals surface area contributed by atoms with Crippen molar-refractivity contribution in [3.05, 3.63) is 126 Å². The van der Waals surface area contributed by atoms with E-state index in [1.807, 2.05) is 72.8 Å². The zero-order valence-electron chi connectivity index (χ0n) is 27.5. The minimum absolute atomic E-state index is 0.0119. The number of anilines is 2. The average molecular weight is 693 g/mol. The van der Waals surface area contributed by atoms with Crippen LogP contribution in [-0.4, -0.2) is 44.0 Å². The minimum Gasteiger partial charge on any atom is -0.397 e. The van der Waals surface area contributed by atoms with E-state index in [9.17, 15) is 14.7 Å². The zero-order chi connectivity index (χ0) is 34.7. The topological polar surface area (TPSA) is 164 Å². The van der Waals surface area contributed by atoms with Crippen LogP contribution in [0.15, 0.2) is 109 Å². The predicted octanol–water partition coefficient (Wildman–Crippen LogP) is 6.31. The number of nitrogens with two attached hydrogens (primary N) is 1. The number of hydrogen-bond donors (Lipinski definition) is 5. The fourth-order valence-corrected chi connectivity index (χ4v) is 6.55. The fraction of sp³-hybridized carbons (Fsp3) is 0.263. The number of aliphatic hydroxyl groups is 1. The molecule has 1 aliphatic rings. The Morgan fingerprint density at radius 1 is 0.900 bits per heavy atom. The first-order valence-electron chi connectivity index (χ1n) is 16.5. The molecule has 258 valence electrons. The highest BCUT2D eigenvalue weighted by Crippen LogP contribution is 2.39. The predicted molar refractivity (Wildman–Crippen MR) is 193 cm³/mol. The first kappa shape index (κ1) is 34.8. The lowest BCUT2D eigenvalue weighted by Gasteiger charge is -2.36. The van der Waals surface area contributed by atoms with Crippen molar-refractivity contribution in [3.63, 3.8) is 0 Å². The van der Waals surface area contributed by atoms with Crippen LogP contribution in [0.1, 0.15) is 60.3 Å². The number of hydrogen-bond acceptors (Lipinski definition) is 9. The van der Waals surface area contributed by atoms with Crippen LogP contribution in [0.5, 0.6) is 0 Å². The number of benzene rings is 4. The van der Waals surface area contributed by atoms with E-state index in [1.165, 1.54) is 6.33 Å². The molecule has 6 rings (SSSR count). The van der Waals surface area contributed by atoms with Gasteiger partial charge in [-0.1, -0.05) is 96.7 Å². The molecule has 50 heavy (non-hydrogen) atoms. The summed E-state index contributed by atoms with van der Waals surface area (Å²) >= 11 is 1.55. The van der Waals surface area contributed by atoms with E-state index in [1.54, 1.807) is 36.0 Å². The van der Waals surface area contributed by atoms with Crippen LogP contribution >= 0.6 is 11.8 Å². The molecule has 1 saturated heterocycles. The highest BCUT2D eigenvalue weighted by Gasteiger charge is 2.32. The number of aromatic amines is 1. The van der Waals surface area contributed by atoms with Crippen LogP contribution in [-0.2, 0) is 32.2 Å².